The van der Waals surface area contributed by atoms with Crippen molar-refractivity contribution in [2.75, 3.05) is 7.11 Å². The molecule has 0 aliphatic carbocycles. The fourth-order valence-corrected chi connectivity index (χ4v) is 3.72. The summed E-state index contributed by atoms with van der Waals surface area (Å²) in [7, 11) is 1.30. The van der Waals surface area contributed by atoms with E-state index in [1.54, 1.807) is 22.9 Å². The summed E-state index contributed by atoms with van der Waals surface area (Å²) < 4.78 is 12.4. The van der Waals surface area contributed by atoms with Gasteiger partial charge in [0.15, 0.2) is 5.76 Å². The van der Waals surface area contributed by atoms with Gasteiger partial charge in [-0.3, -0.25) is 4.79 Å². The van der Waals surface area contributed by atoms with Gasteiger partial charge >= 0.3 is 5.97 Å². The number of aromatic nitrogens is 2. The summed E-state index contributed by atoms with van der Waals surface area (Å²) >= 11 is 0. The Bertz CT molecular complexity index is 1400. The zero-order valence-electron chi connectivity index (χ0n) is 18.1. The van der Waals surface area contributed by atoms with Crippen molar-refractivity contribution in [3.8, 4) is 22.7 Å². The van der Waals surface area contributed by atoms with Gasteiger partial charge in [0.25, 0.3) is 0 Å². The van der Waals surface area contributed by atoms with E-state index in [1.165, 1.54) is 13.2 Å². The smallest absolute Gasteiger partial charge is 0.337 e. The van der Waals surface area contributed by atoms with Gasteiger partial charge in [-0.1, -0.05) is 48.0 Å². The van der Waals surface area contributed by atoms with Crippen LogP contribution in [0.3, 0.4) is 0 Å². The lowest BCUT2D eigenvalue weighted by Gasteiger charge is -2.01. The summed E-state index contributed by atoms with van der Waals surface area (Å²) in [5.41, 5.74) is 5.09. The number of hydrogen-bond donors (Lipinski definition) is 0. The number of Topliss-reactive ketones (excluding diaryl/α,β-unsaturated/α-hetero) is 1. The van der Waals surface area contributed by atoms with Gasteiger partial charge in [-0.25, -0.2) is 9.48 Å². The number of methoxy groups -OCH3 is 1. The highest BCUT2D eigenvalue weighted by atomic mass is 16.5. The molecule has 33 heavy (non-hydrogen) atoms. The number of carbonyl (C=O) groups excluding carboxylic acids is 2. The van der Waals surface area contributed by atoms with Gasteiger partial charge in [-0.05, 0) is 43.3 Å². The van der Waals surface area contributed by atoms with E-state index in [1.807, 2.05) is 67.7 Å². The van der Waals surface area contributed by atoms with E-state index in [-0.39, 0.29) is 11.5 Å². The molecule has 0 unspecified atom stereocenters. The molecule has 2 heterocycles. The van der Waals surface area contributed by atoms with E-state index in [9.17, 15) is 9.59 Å². The van der Waals surface area contributed by atoms with Crippen LogP contribution in [0, 0.1) is 6.92 Å². The monoisotopic (exact) mass is 436 g/mol. The van der Waals surface area contributed by atoms with Crippen LogP contribution in [0.5, 0.6) is 5.75 Å². The Morgan fingerprint density at radius 2 is 1.79 bits per heavy atom. The van der Waals surface area contributed by atoms with Crippen molar-refractivity contribution >= 4 is 17.8 Å². The third kappa shape index (κ3) is 3.83. The zero-order valence-corrected chi connectivity index (χ0v) is 18.1. The third-order valence-electron chi connectivity index (χ3n) is 5.46. The molecule has 0 N–H and O–H groups in total. The minimum absolute atomic E-state index is 0.174. The predicted octanol–water partition coefficient (Wildman–Crippen LogP) is 5.25. The quantitative estimate of drug-likeness (QED) is 0.323. The van der Waals surface area contributed by atoms with E-state index in [4.69, 9.17) is 14.6 Å². The van der Waals surface area contributed by atoms with Gasteiger partial charge < -0.3 is 9.47 Å². The van der Waals surface area contributed by atoms with E-state index in [2.05, 4.69) is 0 Å². The highest BCUT2D eigenvalue weighted by molar-refractivity contribution is 6.15. The lowest BCUT2D eigenvalue weighted by atomic mass is 10.0. The molecule has 0 spiro atoms. The van der Waals surface area contributed by atoms with Gasteiger partial charge in [-0.2, -0.15) is 5.10 Å². The zero-order chi connectivity index (χ0) is 22.9. The number of nitrogens with zero attached hydrogens (tertiary/aromatic N) is 2. The average molecular weight is 436 g/mol. The second-order valence-corrected chi connectivity index (χ2v) is 7.72. The largest absolute Gasteiger partial charge is 0.465 e. The second kappa shape index (κ2) is 8.24. The van der Waals surface area contributed by atoms with Crippen LogP contribution in [0.25, 0.3) is 23.0 Å². The first-order chi connectivity index (χ1) is 16.0. The van der Waals surface area contributed by atoms with E-state index in [0.717, 1.165) is 28.1 Å². The van der Waals surface area contributed by atoms with Crippen molar-refractivity contribution < 1.29 is 19.1 Å². The highest BCUT2D eigenvalue weighted by Crippen LogP contribution is 2.34. The maximum atomic E-state index is 13.1. The lowest BCUT2D eigenvalue weighted by molar-refractivity contribution is 0.0600. The lowest BCUT2D eigenvalue weighted by Crippen LogP contribution is -2.03. The minimum atomic E-state index is -0.506. The molecule has 1 aliphatic heterocycles. The topological polar surface area (TPSA) is 70.4 Å². The number of hydrogen-bond acceptors (Lipinski definition) is 5. The predicted molar refractivity (Wildman–Crippen MR) is 124 cm³/mol. The molecule has 0 saturated carbocycles. The van der Waals surface area contributed by atoms with Gasteiger partial charge in [0, 0.05) is 17.3 Å². The van der Waals surface area contributed by atoms with E-state index >= 15 is 0 Å². The van der Waals surface area contributed by atoms with Crippen molar-refractivity contribution in [1.82, 2.24) is 9.78 Å². The number of rotatable bonds is 4. The van der Waals surface area contributed by atoms with Crippen molar-refractivity contribution in [2.45, 2.75) is 6.92 Å². The Balaban J connectivity index is 1.57. The van der Waals surface area contributed by atoms with Crippen LogP contribution in [-0.2, 0) is 4.74 Å². The molecule has 0 atom stereocenters. The molecular formula is C27H20N2O4. The molecule has 1 aromatic heterocycles. The average Bonchev–Trinajstić information content (AvgIpc) is 3.40. The summed E-state index contributed by atoms with van der Waals surface area (Å²) in [6, 6.07) is 22.5. The molecule has 5 rings (SSSR count). The minimum Gasteiger partial charge on any atom is -0.465 e. The summed E-state index contributed by atoms with van der Waals surface area (Å²) in [6.45, 7) is 2.03. The van der Waals surface area contributed by atoms with Gasteiger partial charge in [0.1, 0.15) is 11.4 Å². The van der Waals surface area contributed by atoms with Crippen molar-refractivity contribution in [3.05, 3.63) is 107 Å². The molecule has 0 radical (unpaired) electrons. The first kappa shape index (κ1) is 20.5. The SMILES string of the molecule is COC(=O)c1ccc2c(c1)C(=O)/C(=C/c1cn(-c3ccc(C)cc3)nc1-c1ccccc1)O2. The first-order valence-corrected chi connectivity index (χ1v) is 10.4. The van der Waals surface area contributed by atoms with Crippen LogP contribution in [-0.4, -0.2) is 28.6 Å². The number of allylic oxidation sites excluding steroid dienone is 1. The number of carbonyl (C=O) groups is 2. The summed E-state index contributed by atoms with van der Waals surface area (Å²) in [4.78, 5) is 24.9. The molecule has 6 nitrogen and oxygen atoms in total. The number of fused-ring (bicyclic) bond motifs is 1. The van der Waals surface area contributed by atoms with Gasteiger partial charge in [-0.15, -0.1) is 0 Å². The molecular weight excluding hydrogens is 416 g/mol. The Labute approximate surface area is 190 Å². The van der Waals surface area contributed by atoms with Crippen LogP contribution in [0.4, 0.5) is 0 Å². The number of ether oxygens (including phenoxy) is 2. The molecule has 4 aromatic rings. The Morgan fingerprint density at radius 1 is 1.03 bits per heavy atom. The van der Waals surface area contributed by atoms with Gasteiger partial charge in [0.05, 0.1) is 23.9 Å². The van der Waals surface area contributed by atoms with E-state index < -0.39 is 5.97 Å². The molecule has 162 valence electrons. The maximum absolute atomic E-state index is 13.1. The molecule has 3 aromatic carbocycles. The molecule has 0 saturated heterocycles. The molecule has 0 bridgehead atoms. The van der Waals surface area contributed by atoms with Crippen molar-refractivity contribution in [3.63, 3.8) is 0 Å². The Hall–Kier alpha value is -4.45. The fraction of sp³-hybridized carbons (Fsp3) is 0.0741. The summed E-state index contributed by atoms with van der Waals surface area (Å²) in [6.07, 6.45) is 3.57. The van der Waals surface area contributed by atoms with Gasteiger partial charge in [0.2, 0.25) is 5.78 Å². The number of ketones is 1. The molecule has 1 aliphatic rings. The molecule has 0 fully saturated rings. The Morgan fingerprint density at radius 3 is 2.52 bits per heavy atom. The third-order valence-corrected chi connectivity index (χ3v) is 5.46. The van der Waals surface area contributed by atoms with E-state index in [0.29, 0.717) is 16.9 Å². The summed E-state index contributed by atoms with van der Waals surface area (Å²) in [5.74, 6) is -0.217. The fourth-order valence-electron chi connectivity index (χ4n) is 3.72. The molecule has 6 heteroatoms. The van der Waals surface area contributed by atoms with Crippen molar-refractivity contribution in [1.29, 1.82) is 0 Å². The number of aryl methyl sites for hydroxylation is 1. The maximum Gasteiger partial charge on any atom is 0.337 e. The standard InChI is InChI=1S/C27H20N2O4/c1-17-8-11-21(12-9-17)29-16-20(25(28-29)18-6-4-3-5-7-18)15-24-26(30)22-14-19(27(31)32-2)10-13-23(22)33-24/h3-16H,1-2H3/b24-15-. The van der Waals surface area contributed by atoms with Crippen LogP contribution in [0.1, 0.15) is 31.8 Å². The van der Waals surface area contributed by atoms with Crippen LogP contribution < -0.4 is 4.74 Å². The second-order valence-electron chi connectivity index (χ2n) is 7.72. The highest BCUT2D eigenvalue weighted by Gasteiger charge is 2.29. The summed E-state index contributed by atoms with van der Waals surface area (Å²) in [5, 5.41) is 4.79. The number of esters is 1. The Kier molecular flexibility index (Phi) is 5.11. The normalized spacial score (nSPS) is 13.6. The molecule has 0 amide bonds. The first-order valence-electron chi connectivity index (χ1n) is 10.4. The van der Waals surface area contributed by atoms with Crippen molar-refractivity contribution in [2.24, 2.45) is 0 Å². The van der Waals surface area contributed by atoms with Crippen LogP contribution >= 0.6 is 0 Å². The number of benzene rings is 3. The van der Waals surface area contributed by atoms with Crippen LogP contribution in [0.2, 0.25) is 0 Å². The van der Waals surface area contributed by atoms with Crippen LogP contribution in [0.15, 0.2) is 84.8 Å².